The van der Waals surface area contributed by atoms with Crippen LogP contribution in [-0.2, 0) is 14.3 Å². The minimum absolute atomic E-state index is 0.0577. The monoisotopic (exact) mass is 232 g/mol. The molecule has 0 bridgehead atoms. The summed E-state index contributed by atoms with van der Waals surface area (Å²) in [5.74, 6) is -0.411. The van der Waals surface area contributed by atoms with Gasteiger partial charge in [-0.05, 0) is 27.7 Å². The number of nitrogens with two attached hydrogens (primary N) is 1. The van der Waals surface area contributed by atoms with Crippen LogP contribution in [0, 0.1) is 0 Å². The van der Waals surface area contributed by atoms with Crippen molar-refractivity contribution in [3.8, 4) is 0 Å². The highest BCUT2D eigenvalue weighted by Crippen LogP contribution is 2.07. The Labute approximate surface area is 97.7 Å². The van der Waals surface area contributed by atoms with Crippen molar-refractivity contribution in [2.75, 3.05) is 20.3 Å². The number of carbonyl (C=O) groups is 1. The SMILES string of the molecule is COCC(C)OCC(C)(NC(C)C)C(N)=O. The molecule has 2 unspecified atom stereocenters. The second-order valence-corrected chi connectivity index (χ2v) is 4.57. The summed E-state index contributed by atoms with van der Waals surface area (Å²) >= 11 is 0. The summed E-state index contributed by atoms with van der Waals surface area (Å²) in [4.78, 5) is 11.4. The smallest absolute Gasteiger partial charge is 0.239 e. The van der Waals surface area contributed by atoms with E-state index < -0.39 is 11.4 Å². The number of nitrogens with one attached hydrogen (secondary N) is 1. The first kappa shape index (κ1) is 15.3. The zero-order valence-corrected chi connectivity index (χ0v) is 10.9. The van der Waals surface area contributed by atoms with E-state index in [1.54, 1.807) is 14.0 Å². The quantitative estimate of drug-likeness (QED) is 0.630. The Hall–Kier alpha value is -0.650. The van der Waals surface area contributed by atoms with Crippen molar-refractivity contribution >= 4 is 5.91 Å². The molecule has 0 aliphatic carbocycles. The number of carbonyl (C=O) groups excluding carboxylic acids is 1. The number of hydrogen-bond acceptors (Lipinski definition) is 4. The lowest BCUT2D eigenvalue weighted by atomic mass is 10.0. The summed E-state index contributed by atoms with van der Waals surface area (Å²) < 4.78 is 10.5. The summed E-state index contributed by atoms with van der Waals surface area (Å²) in [5, 5.41) is 3.11. The maximum absolute atomic E-state index is 11.4. The zero-order chi connectivity index (χ0) is 12.8. The van der Waals surface area contributed by atoms with Gasteiger partial charge in [-0.1, -0.05) is 0 Å². The van der Waals surface area contributed by atoms with Gasteiger partial charge >= 0.3 is 0 Å². The van der Waals surface area contributed by atoms with Gasteiger partial charge in [0.2, 0.25) is 5.91 Å². The molecule has 5 heteroatoms. The van der Waals surface area contributed by atoms with Crippen LogP contribution in [0.5, 0.6) is 0 Å². The van der Waals surface area contributed by atoms with Gasteiger partial charge in [0.1, 0.15) is 5.54 Å². The first-order valence-corrected chi connectivity index (χ1v) is 5.50. The molecule has 0 aliphatic rings. The standard InChI is InChI=1S/C11H24N2O3/c1-8(2)13-11(4,10(12)14)7-16-9(3)6-15-5/h8-9,13H,6-7H2,1-5H3,(H2,12,14). The highest BCUT2D eigenvalue weighted by molar-refractivity contribution is 5.84. The van der Waals surface area contributed by atoms with Crippen LogP contribution in [0.4, 0.5) is 0 Å². The van der Waals surface area contributed by atoms with Crippen LogP contribution >= 0.6 is 0 Å². The Kier molecular flexibility index (Phi) is 6.55. The predicted molar refractivity (Wildman–Crippen MR) is 63.2 cm³/mol. The average Bonchev–Trinajstić information content (AvgIpc) is 2.14. The fourth-order valence-corrected chi connectivity index (χ4v) is 1.41. The maximum atomic E-state index is 11.4. The highest BCUT2D eigenvalue weighted by atomic mass is 16.5. The lowest BCUT2D eigenvalue weighted by molar-refractivity contribution is -0.128. The first-order valence-electron chi connectivity index (χ1n) is 5.50. The molecular weight excluding hydrogens is 208 g/mol. The van der Waals surface area contributed by atoms with Crippen LogP contribution < -0.4 is 11.1 Å². The Morgan fingerprint density at radius 3 is 2.38 bits per heavy atom. The van der Waals surface area contributed by atoms with Gasteiger partial charge in [-0.3, -0.25) is 10.1 Å². The summed E-state index contributed by atoms with van der Waals surface area (Å²) in [6.45, 7) is 8.29. The fraction of sp³-hybridized carbons (Fsp3) is 0.909. The average molecular weight is 232 g/mol. The zero-order valence-electron chi connectivity index (χ0n) is 10.9. The normalized spacial score (nSPS) is 17.1. The van der Waals surface area contributed by atoms with Crippen molar-refractivity contribution in [1.82, 2.24) is 5.32 Å². The van der Waals surface area contributed by atoms with E-state index in [1.807, 2.05) is 20.8 Å². The molecule has 1 amide bonds. The van der Waals surface area contributed by atoms with Gasteiger partial charge in [-0.15, -0.1) is 0 Å². The second kappa shape index (κ2) is 6.83. The molecular formula is C11H24N2O3. The van der Waals surface area contributed by atoms with Gasteiger partial charge in [-0.2, -0.15) is 0 Å². The summed E-state index contributed by atoms with van der Waals surface area (Å²) in [6, 6.07) is 0.166. The van der Waals surface area contributed by atoms with E-state index in [-0.39, 0.29) is 18.8 Å². The minimum Gasteiger partial charge on any atom is -0.382 e. The molecule has 0 aromatic rings. The van der Waals surface area contributed by atoms with Gasteiger partial charge in [0, 0.05) is 13.2 Å². The molecule has 96 valence electrons. The second-order valence-electron chi connectivity index (χ2n) is 4.57. The topological polar surface area (TPSA) is 73.6 Å². The molecule has 0 heterocycles. The molecule has 0 aromatic heterocycles. The van der Waals surface area contributed by atoms with Crippen LogP contribution in [0.25, 0.3) is 0 Å². The molecule has 3 N–H and O–H groups in total. The number of hydrogen-bond donors (Lipinski definition) is 2. The Balaban J connectivity index is 4.28. The number of primary amides is 1. The predicted octanol–water partition coefficient (Wildman–Crippen LogP) is 0.280. The van der Waals surface area contributed by atoms with Crippen LogP contribution in [0.15, 0.2) is 0 Å². The van der Waals surface area contributed by atoms with E-state index in [4.69, 9.17) is 15.2 Å². The maximum Gasteiger partial charge on any atom is 0.239 e. The minimum atomic E-state index is -0.837. The van der Waals surface area contributed by atoms with Gasteiger partial charge in [-0.25, -0.2) is 0 Å². The van der Waals surface area contributed by atoms with Gasteiger partial charge < -0.3 is 15.2 Å². The number of ether oxygens (including phenoxy) is 2. The Bertz CT molecular complexity index is 221. The highest BCUT2D eigenvalue weighted by Gasteiger charge is 2.32. The Morgan fingerprint density at radius 1 is 1.44 bits per heavy atom. The number of methoxy groups -OCH3 is 1. The van der Waals surface area contributed by atoms with Crippen molar-refractivity contribution < 1.29 is 14.3 Å². The summed E-state index contributed by atoms with van der Waals surface area (Å²) in [5.41, 5.74) is 4.53. The van der Waals surface area contributed by atoms with Crippen molar-refractivity contribution in [3.63, 3.8) is 0 Å². The molecule has 0 aliphatic heterocycles. The third-order valence-corrected chi connectivity index (χ3v) is 2.21. The molecule has 0 radical (unpaired) electrons. The third-order valence-electron chi connectivity index (χ3n) is 2.21. The first-order chi connectivity index (χ1) is 7.31. The van der Waals surface area contributed by atoms with Crippen molar-refractivity contribution in [2.24, 2.45) is 5.73 Å². The number of rotatable bonds is 8. The fourth-order valence-electron chi connectivity index (χ4n) is 1.41. The van der Waals surface area contributed by atoms with E-state index in [9.17, 15) is 4.79 Å². The number of amides is 1. The van der Waals surface area contributed by atoms with E-state index in [0.717, 1.165) is 0 Å². The van der Waals surface area contributed by atoms with Crippen LogP contribution in [-0.4, -0.2) is 43.9 Å². The molecule has 0 spiro atoms. The van der Waals surface area contributed by atoms with Crippen LogP contribution in [0.3, 0.4) is 0 Å². The Morgan fingerprint density at radius 2 is 2.00 bits per heavy atom. The van der Waals surface area contributed by atoms with Crippen molar-refractivity contribution in [1.29, 1.82) is 0 Å². The molecule has 16 heavy (non-hydrogen) atoms. The summed E-state index contributed by atoms with van der Waals surface area (Å²) in [6.07, 6.45) is -0.0577. The third kappa shape index (κ3) is 5.44. The van der Waals surface area contributed by atoms with Gasteiger partial charge in [0.25, 0.3) is 0 Å². The largest absolute Gasteiger partial charge is 0.382 e. The van der Waals surface area contributed by atoms with E-state index >= 15 is 0 Å². The van der Waals surface area contributed by atoms with Gasteiger partial charge in [0.05, 0.1) is 19.3 Å². The van der Waals surface area contributed by atoms with E-state index in [2.05, 4.69) is 5.32 Å². The van der Waals surface area contributed by atoms with Crippen LogP contribution in [0.2, 0.25) is 0 Å². The van der Waals surface area contributed by atoms with Crippen molar-refractivity contribution in [2.45, 2.75) is 45.4 Å². The molecule has 0 rings (SSSR count). The molecule has 0 saturated carbocycles. The molecule has 0 saturated heterocycles. The van der Waals surface area contributed by atoms with Crippen LogP contribution in [0.1, 0.15) is 27.7 Å². The van der Waals surface area contributed by atoms with Gasteiger partial charge in [0.15, 0.2) is 0 Å². The molecule has 2 atom stereocenters. The lowest BCUT2D eigenvalue weighted by Gasteiger charge is -2.30. The molecule has 5 nitrogen and oxygen atoms in total. The molecule has 0 aromatic carbocycles. The van der Waals surface area contributed by atoms with Crippen molar-refractivity contribution in [3.05, 3.63) is 0 Å². The van der Waals surface area contributed by atoms with E-state index in [1.165, 1.54) is 0 Å². The molecule has 0 fully saturated rings. The van der Waals surface area contributed by atoms with E-state index in [0.29, 0.717) is 6.61 Å². The summed E-state index contributed by atoms with van der Waals surface area (Å²) in [7, 11) is 1.61. The lowest BCUT2D eigenvalue weighted by Crippen LogP contribution is -2.58.